The second-order valence-corrected chi connectivity index (χ2v) is 9.96. The van der Waals surface area contributed by atoms with E-state index in [9.17, 15) is 4.79 Å². The minimum absolute atomic E-state index is 0.0769. The number of hydrogen-bond acceptors (Lipinski definition) is 5. The lowest BCUT2D eigenvalue weighted by Gasteiger charge is -2.34. The number of piperidine rings is 1. The molecule has 1 fully saturated rings. The number of amides is 1. The van der Waals surface area contributed by atoms with E-state index in [0.717, 1.165) is 59.0 Å². The number of nitrogens with one attached hydrogen (secondary N) is 1. The van der Waals surface area contributed by atoms with E-state index in [1.165, 1.54) is 11.8 Å². The zero-order valence-electron chi connectivity index (χ0n) is 17.3. The van der Waals surface area contributed by atoms with Gasteiger partial charge in [0, 0.05) is 46.7 Å². The fourth-order valence-electron chi connectivity index (χ4n) is 3.73. The van der Waals surface area contributed by atoms with Crippen LogP contribution in [0.15, 0.2) is 63.0 Å². The molecule has 0 atom stereocenters. The number of carbonyl (C=O) groups excluding carboxylic acids is 1. The maximum absolute atomic E-state index is 12.5. The fraction of sp³-hybridized carbons (Fsp3) is 0.348. The monoisotopic (exact) mass is 518 g/mol. The molecule has 0 bridgehead atoms. The Labute approximate surface area is 200 Å². The summed E-state index contributed by atoms with van der Waals surface area (Å²) in [6.07, 6.45) is 1.81. The smallest absolute Gasteiger partial charge is 0.234 e. The van der Waals surface area contributed by atoms with Gasteiger partial charge in [-0.25, -0.2) is 4.99 Å². The van der Waals surface area contributed by atoms with Crippen LogP contribution in [-0.4, -0.2) is 52.6 Å². The highest BCUT2D eigenvalue weighted by molar-refractivity contribution is 9.10. The molecule has 4 rings (SSSR count). The van der Waals surface area contributed by atoms with Gasteiger partial charge in [-0.2, -0.15) is 0 Å². The highest BCUT2D eigenvalue weighted by Gasteiger charge is 2.39. The summed E-state index contributed by atoms with van der Waals surface area (Å²) in [5.41, 5.74) is 2.25. The molecule has 162 valence electrons. The molecule has 1 amide bonds. The molecule has 0 aromatic heterocycles. The minimum Gasteiger partial charge on any atom is -0.325 e. The molecule has 2 heterocycles. The molecule has 0 aliphatic carbocycles. The number of rotatable bonds is 5. The molecule has 0 saturated carbocycles. The maximum Gasteiger partial charge on any atom is 0.234 e. The summed E-state index contributed by atoms with van der Waals surface area (Å²) < 4.78 is 1.02. The van der Waals surface area contributed by atoms with Crippen molar-refractivity contribution in [2.45, 2.75) is 25.4 Å². The predicted molar refractivity (Wildman–Crippen MR) is 135 cm³/mol. The summed E-state index contributed by atoms with van der Waals surface area (Å²) in [5, 5.41) is 4.40. The normalized spacial score (nSPS) is 18.0. The largest absolute Gasteiger partial charge is 0.325 e. The van der Waals surface area contributed by atoms with Crippen molar-refractivity contribution in [2.75, 3.05) is 30.7 Å². The van der Waals surface area contributed by atoms with Gasteiger partial charge in [-0.15, -0.1) is 0 Å². The second-order valence-electron chi connectivity index (χ2n) is 7.64. The summed E-state index contributed by atoms with van der Waals surface area (Å²) in [6, 6.07) is 15.2. The quantitative estimate of drug-likeness (QED) is 0.568. The lowest BCUT2D eigenvalue weighted by atomic mass is 9.98. The van der Waals surface area contributed by atoms with Gasteiger partial charge < -0.3 is 10.2 Å². The first-order valence-electron chi connectivity index (χ1n) is 10.3. The lowest BCUT2D eigenvalue weighted by Crippen LogP contribution is -2.41. The van der Waals surface area contributed by atoms with E-state index in [0.29, 0.717) is 5.02 Å². The van der Waals surface area contributed by atoms with E-state index in [1.807, 2.05) is 24.3 Å². The maximum atomic E-state index is 12.5. The first kappa shape index (κ1) is 22.5. The highest BCUT2D eigenvalue weighted by Crippen LogP contribution is 2.35. The van der Waals surface area contributed by atoms with E-state index in [-0.39, 0.29) is 11.7 Å². The molecule has 1 spiro atoms. The Hall–Kier alpha value is -1.67. The number of aliphatic imine (C=N–C) groups is 2. The zero-order chi connectivity index (χ0) is 21.8. The summed E-state index contributed by atoms with van der Waals surface area (Å²) in [6.45, 7) is 5.22. The van der Waals surface area contributed by atoms with Crippen LogP contribution < -0.4 is 5.32 Å². The third kappa shape index (κ3) is 5.58. The molecule has 2 aromatic rings. The van der Waals surface area contributed by atoms with Crippen LogP contribution >= 0.6 is 39.3 Å². The molecule has 31 heavy (non-hydrogen) atoms. The molecule has 5 nitrogen and oxygen atoms in total. The number of likely N-dealkylation sites (tertiary alicyclic amines) is 1. The van der Waals surface area contributed by atoms with Gasteiger partial charge in [0.1, 0.15) is 5.04 Å². The van der Waals surface area contributed by atoms with Gasteiger partial charge in [0.05, 0.1) is 11.5 Å². The van der Waals surface area contributed by atoms with Gasteiger partial charge in [0.15, 0.2) is 5.66 Å². The van der Waals surface area contributed by atoms with E-state index in [2.05, 4.69) is 33.1 Å². The summed E-state index contributed by atoms with van der Waals surface area (Å²) in [5.74, 6) is 0.195. The molecule has 0 radical (unpaired) electrons. The van der Waals surface area contributed by atoms with E-state index < -0.39 is 5.66 Å². The minimum atomic E-state index is -0.400. The second kappa shape index (κ2) is 9.86. The average Bonchev–Trinajstić information content (AvgIpc) is 3.13. The summed E-state index contributed by atoms with van der Waals surface area (Å²) in [4.78, 5) is 25.1. The molecule has 2 aliphatic rings. The van der Waals surface area contributed by atoms with Gasteiger partial charge in [-0.3, -0.25) is 9.79 Å². The van der Waals surface area contributed by atoms with Gasteiger partial charge >= 0.3 is 0 Å². The third-order valence-corrected chi connectivity index (χ3v) is 7.27. The SMILES string of the molecule is CCN1CCC2(CC1)N=C(SCC(=O)Nc1ccc(Cl)cc1)C(c1ccc(Br)cc1)=N2. The number of halogens is 2. The van der Waals surface area contributed by atoms with Gasteiger partial charge in [-0.05, 0) is 42.9 Å². The Kier molecular flexibility index (Phi) is 7.16. The van der Waals surface area contributed by atoms with Crippen molar-refractivity contribution in [3.05, 3.63) is 63.6 Å². The molecule has 1 N–H and O–H groups in total. The van der Waals surface area contributed by atoms with Crippen LogP contribution in [0, 0.1) is 0 Å². The van der Waals surface area contributed by atoms with Crippen LogP contribution in [0.2, 0.25) is 5.02 Å². The average molecular weight is 520 g/mol. The third-order valence-electron chi connectivity index (χ3n) is 5.52. The van der Waals surface area contributed by atoms with Gasteiger partial charge in [-0.1, -0.05) is 58.3 Å². The molecular formula is C23H24BrClN4OS. The molecule has 2 aromatic carbocycles. The van der Waals surface area contributed by atoms with Crippen molar-refractivity contribution < 1.29 is 4.79 Å². The number of nitrogens with zero attached hydrogens (tertiary/aromatic N) is 3. The Balaban J connectivity index is 1.49. The molecule has 2 aliphatic heterocycles. The molecule has 0 unspecified atom stereocenters. The lowest BCUT2D eigenvalue weighted by molar-refractivity contribution is -0.113. The summed E-state index contributed by atoms with van der Waals surface area (Å²) >= 11 is 10.9. The van der Waals surface area contributed by atoms with Crippen LogP contribution in [0.5, 0.6) is 0 Å². The standard InChI is InChI=1S/C23H24BrClN4OS/c1-2-29-13-11-23(12-14-29)27-21(16-3-5-17(24)6-4-16)22(28-23)31-15-20(30)26-19-9-7-18(25)8-10-19/h3-10H,2,11-15H2,1H3,(H,26,30). The van der Waals surface area contributed by atoms with Crippen molar-refractivity contribution in [1.82, 2.24) is 4.90 Å². The van der Waals surface area contributed by atoms with Crippen molar-refractivity contribution >= 4 is 61.6 Å². The molecular weight excluding hydrogens is 496 g/mol. The number of benzene rings is 2. The Morgan fingerprint density at radius 2 is 1.81 bits per heavy atom. The fourth-order valence-corrected chi connectivity index (χ4v) is 5.00. The van der Waals surface area contributed by atoms with E-state index >= 15 is 0 Å². The predicted octanol–water partition coefficient (Wildman–Crippen LogP) is 5.49. The Morgan fingerprint density at radius 1 is 1.13 bits per heavy atom. The van der Waals surface area contributed by atoms with Crippen molar-refractivity contribution in [1.29, 1.82) is 0 Å². The first-order valence-corrected chi connectivity index (χ1v) is 12.5. The van der Waals surface area contributed by atoms with Crippen LogP contribution in [0.3, 0.4) is 0 Å². The first-order chi connectivity index (χ1) is 15.0. The zero-order valence-corrected chi connectivity index (χ0v) is 20.4. The number of carbonyl (C=O) groups is 1. The summed E-state index contributed by atoms with van der Waals surface area (Å²) in [7, 11) is 0. The topological polar surface area (TPSA) is 57.1 Å². The van der Waals surface area contributed by atoms with Gasteiger partial charge in [0.25, 0.3) is 0 Å². The Morgan fingerprint density at radius 3 is 2.45 bits per heavy atom. The highest BCUT2D eigenvalue weighted by atomic mass is 79.9. The van der Waals surface area contributed by atoms with E-state index in [4.69, 9.17) is 21.6 Å². The number of thioether (sulfide) groups is 1. The van der Waals surface area contributed by atoms with Crippen molar-refractivity contribution in [3.63, 3.8) is 0 Å². The van der Waals surface area contributed by atoms with Gasteiger partial charge in [0.2, 0.25) is 5.91 Å². The number of hydrogen-bond donors (Lipinski definition) is 1. The van der Waals surface area contributed by atoms with E-state index in [1.54, 1.807) is 24.3 Å². The van der Waals surface area contributed by atoms with Crippen LogP contribution in [0.4, 0.5) is 5.69 Å². The molecule has 8 heteroatoms. The Bertz CT molecular complexity index is 999. The number of anilines is 1. The van der Waals surface area contributed by atoms with Crippen LogP contribution in [0.1, 0.15) is 25.3 Å². The van der Waals surface area contributed by atoms with Crippen molar-refractivity contribution in [3.8, 4) is 0 Å². The van der Waals surface area contributed by atoms with Crippen LogP contribution in [0.25, 0.3) is 0 Å². The molecule has 1 saturated heterocycles. The van der Waals surface area contributed by atoms with Crippen molar-refractivity contribution in [2.24, 2.45) is 9.98 Å². The van der Waals surface area contributed by atoms with Crippen LogP contribution in [-0.2, 0) is 4.79 Å².